The van der Waals surface area contributed by atoms with Gasteiger partial charge in [0.25, 0.3) is 5.91 Å². The number of amides is 2. The molecule has 3 unspecified atom stereocenters. The van der Waals surface area contributed by atoms with E-state index >= 15 is 0 Å². The number of rotatable bonds is 11. The zero-order valence-electron chi connectivity index (χ0n) is 21.6. The van der Waals surface area contributed by atoms with Gasteiger partial charge in [-0.25, -0.2) is 9.55 Å². The molecule has 0 bridgehead atoms. The Bertz CT molecular complexity index is 1550. The molecule has 5 N–H and O–H groups in total. The number of pyridine rings is 1. The van der Waals surface area contributed by atoms with Crippen LogP contribution < -0.4 is 26.2 Å². The maximum atomic E-state index is 13.3. The molecular weight excluding hydrogens is 607 g/mol. The Balaban J connectivity index is 1.13. The fourth-order valence-electron chi connectivity index (χ4n) is 4.61. The number of aromatic amines is 1. The lowest BCUT2D eigenvalue weighted by atomic mass is 10.0. The lowest BCUT2D eigenvalue weighted by molar-refractivity contribution is -0.689. The number of aliphatic carboxylic acids is 1. The van der Waals surface area contributed by atoms with Crippen molar-refractivity contribution in [3.05, 3.63) is 53.8 Å². The van der Waals surface area contributed by atoms with Crippen LogP contribution in [0.3, 0.4) is 0 Å². The number of nitrogen functional groups attached to an aromatic ring is 1. The molecule has 0 saturated carbocycles. The lowest BCUT2D eigenvalue weighted by Gasteiger charge is -2.50. The quantitative estimate of drug-likeness (QED) is 0.0817. The SMILES string of the molecule is Nc1nc(C(NOC2C=CCC2)C(=O)NC2C(=O)N3C(C(=O)[O-])=C(C[n+]4ccc(Sc5nn[nH]n5)cc4)CS[C@H]23)ns1. The lowest BCUT2D eigenvalue weighted by Crippen LogP contribution is -2.71. The third-order valence-corrected chi connectivity index (χ3v) is 9.35. The first-order valence-corrected chi connectivity index (χ1v) is 15.3. The second-order valence-electron chi connectivity index (χ2n) is 9.34. The first kappa shape index (κ1) is 28.2. The molecule has 16 nitrogen and oxygen atoms in total. The van der Waals surface area contributed by atoms with E-state index in [-0.39, 0.29) is 29.3 Å². The predicted octanol–water partition coefficient (Wildman–Crippen LogP) is -1.54. The van der Waals surface area contributed by atoms with E-state index in [1.165, 1.54) is 28.4 Å². The summed E-state index contributed by atoms with van der Waals surface area (Å²) in [7, 11) is 0. The number of nitrogens with zero attached hydrogens (tertiary/aromatic N) is 7. The van der Waals surface area contributed by atoms with Crippen LogP contribution in [0, 0.1) is 0 Å². The fraction of sp³-hybridized carbons (Fsp3) is 0.348. The molecule has 3 aliphatic rings. The predicted molar refractivity (Wildman–Crippen MR) is 145 cm³/mol. The average molecular weight is 630 g/mol. The molecule has 1 saturated heterocycles. The first-order chi connectivity index (χ1) is 20.4. The van der Waals surface area contributed by atoms with Gasteiger partial charge in [-0.1, -0.05) is 12.2 Å². The summed E-state index contributed by atoms with van der Waals surface area (Å²) in [5.74, 6) is -2.20. The Morgan fingerprint density at radius 1 is 1.36 bits per heavy atom. The number of hydroxylamine groups is 1. The maximum Gasteiger partial charge on any atom is 0.253 e. The van der Waals surface area contributed by atoms with Crippen LogP contribution in [0.4, 0.5) is 5.13 Å². The van der Waals surface area contributed by atoms with Crippen LogP contribution in [0.15, 0.2) is 58.0 Å². The van der Waals surface area contributed by atoms with Crippen LogP contribution in [0.2, 0.25) is 0 Å². The minimum absolute atomic E-state index is 0.105. The summed E-state index contributed by atoms with van der Waals surface area (Å²) >= 11 is 3.60. The van der Waals surface area contributed by atoms with Crippen LogP contribution in [0.1, 0.15) is 24.7 Å². The molecule has 0 spiro atoms. The number of H-pyrrole nitrogens is 1. The molecule has 3 aromatic rings. The van der Waals surface area contributed by atoms with E-state index < -0.39 is 35.2 Å². The van der Waals surface area contributed by atoms with Crippen molar-refractivity contribution in [2.24, 2.45) is 0 Å². The van der Waals surface area contributed by atoms with Gasteiger partial charge in [0.05, 0.1) is 17.8 Å². The number of thioether (sulfide) groups is 1. The highest BCUT2D eigenvalue weighted by Gasteiger charge is 2.53. The number of fused-ring (bicyclic) bond motifs is 1. The molecule has 218 valence electrons. The van der Waals surface area contributed by atoms with Gasteiger partial charge in [0.15, 0.2) is 35.9 Å². The monoisotopic (exact) mass is 629 g/mol. The fourth-order valence-corrected chi connectivity index (χ4v) is 7.05. The molecule has 19 heteroatoms. The summed E-state index contributed by atoms with van der Waals surface area (Å²) in [6.45, 7) is 0.229. The molecule has 1 fully saturated rings. The van der Waals surface area contributed by atoms with Crippen LogP contribution in [0.5, 0.6) is 0 Å². The number of β-lactam (4-membered cyclic amide) rings is 1. The highest BCUT2D eigenvalue weighted by Crippen LogP contribution is 2.40. The molecule has 5 heterocycles. The van der Waals surface area contributed by atoms with E-state index in [0.717, 1.165) is 29.3 Å². The molecule has 6 rings (SSSR count). The van der Waals surface area contributed by atoms with Crippen molar-refractivity contribution in [1.82, 2.24) is 45.7 Å². The number of nitrogens with two attached hydrogens (primary N) is 1. The van der Waals surface area contributed by atoms with Crippen molar-refractivity contribution in [2.75, 3.05) is 11.5 Å². The summed E-state index contributed by atoms with van der Waals surface area (Å²) in [5, 5.41) is 28.6. The van der Waals surface area contributed by atoms with E-state index in [9.17, 15) is 19.5 Å². The van der Waals surface area contributed by atoms with Gasteiger partial charge >= 0.3 is 0 Å². The number of allylic oxidation sites excluding steroid dienone is 1. The van der Waals surface area contributed by atoms with Gasteiger partial charge in [0.2, 0.25) is 11.1 Å². The van der Waals surface area contributed by atoms with E-state index in [4.69, 9.17) is 10.6 Å². The molecule has 0 aromatic carbocycles. The minimum atomic E-state index is -1.46. The summed E-state index contributed by atoms with van der Waals surface area (Å²) < 4.78 is 5.92. The minimum Gasteiger partial charge on any atom is -0.543 e. The second-order valence-corrected chi connectivity index (χ2v) is 12.3. The number of carboxylic acids is 1. The Labute approximate surface area is 250 Å². The number of carbonyl (C=O) groups is 3. The average Bonchev–Trinajstić information content (AvgIpc) is 3.77. The highest BCUT2D eigenvalue weighted by atomic mass is 32.2. The third kappa shape index (κ3) is 5.86. The number of carboxylic acid groups (broad SMARTS) is 1. The molecule has 0 radical (unpaired) electrons. The molecule has 4 atom stereocenters. The Morgan fingerprint density at radius 2 is 2.19 bits per heavy atom. The van der Waals surface area contributed by atoms with Crippen LogP contribution in [-0.2, 0) is 25.8 Å². The number of tetrazole rings is 1. The van der Waals surface area contributed by atoms with Crippen LogP contribution >= 0.6 is 35.1 Å². The summed E-state index contributed by atoms with van der Waals surface area (Å²) in [6.07, 6.45) is 8.82. The Kier molecular flexibility index (Phi) is 8.16. The summed E-state index contributed by atoms with van der Waals surface area (Å²) in [6, 6.07) is 1.58. The Hall–Kier alpha value is -3.91. The van der Waals surface area contributed by atoms with Gasteiger partial charge in [-0.05, 0) is 29.8 Å². The first-order valence-electron chi connectivity index (χ1n) is 12.6. The molecule has 3 aromatic heterocycles. The summed E-state index contributed by atoms with van der Waals surface area (Å²) in [4.78, 5) is 50.5. The third-order valence-electron chi connectivity index (χ3n) is 6.59. The number of hydrogen-bond acceptors (Lipinski definition) is 15. The van der Waals surface area contributed by atoms with Crippen molar-refractivity contribution in [3.8, 4) is 0 Å². The topological polar surface area (TPSA) is 221 Å². The van der Waals surface area contributed by atoms with E-state index in [1.54, 1.807) is 17.0 Å². The van der Waals surface area contributed by atoms with Crippen molar-refractivity contribution >= 4 is 58.0 Å². The smallest absolute Gasteiger partial charge is 0.253 e. The van der Waals surface area contributed by atoms with E-state index in [2.05, 4.69) is 40.8 Å². The van der Waals surface area contributed by atoms with Crippen molar-refractivity contribution in [2.45, 2.75) is 53.0 Å². The van der Waals surface area contributed by atoms with Gasteiger partial charge in [0, 0.05) is 39.9 Å². The molecule has 42 heavy (non-hydrogen) atoms. The van der Waals surface area contributed by atoms with Crippen LogP contribution in [0.25, 0.3) is 0 Å². The van der Waals surface area contributed by atoms with Gasteiger partial charge in [-0.3, -0.25) is 19.3 Å². The van der Waals surface area contributed by atoms with Crippen LogP contribution in [-0.4, -0.2) is 75.9 Å². The van der Waals surface area contributed by atoms with Gasteiger partial charge in [-0.15, -0.1) is 22.0 Å². The normalized spacial score (nSPS) is 22.1. The standard InChI is InChI=1S/C23H23N11O5S3/c24-22-26-17(30-42-22)14(29-39-12-3-1-2-4-12)18(35)25-15-19(36)34-16(21(37)38)11(10-40-20(15)34)9-33-7-5-13(6-8-33)41-23-27-31-32-28-23/h1,3,5-8,12,14-15,20,29H,2,4,9-10H2,(H4-,24,25,26,27,28,30,31,32,35,37,38)/t12?,14?,15?,20-/m1/s1. The number of aromatic nitrogens is 7. The van der Waals surface area contributed by atoms with Crippen molar-refractivity contribution in [3.63, 3.8) is 0 Å². The van der Waals surface area contributed by atoms with E-state index in [0.29, 0.717) is 16.5 Å². The van der Waals surface area contributed by atoms with Gasteiger partial charge in [-0.2, -0.15) is 15.1 Å². The largest absolute Gasteiger partial charge is 0.543 e. The summed E-state index contributed by atoms with van der Waals surface area (Å²) in [5.41, 5.74) is 8.76. The maximum absolute atomic E-state index is 13.3. The number of nitrogens with one attached hydrogen (secondary N) is 3. The highest BCUT2D eigenvalue weighted by molar-refractivity contribution is 8.00. The van der Waals surface area contributed by atoms with E-state index in [1.807, 2.05) is 24.3 Å². The molecule has 2 amide bonds. The molecular formula is C23H23N11O5S3. The van der Waals surface area contributed by atoms with Gasteiger partial charge in [0.1, 0.15) is 11.4 Å². The number of hydrogen-bond donors (Lipinski definition) is 4. The second kappa shape index (κ2) is 12.1. The molecule has 1 aliphatic carbocycles. The zero-order valence-corrected chi connectivity index (χ0v) is 24.0. The van der Waals surface area contributed by atoms with Crippen molar-refractivity contribution in [1.29, 1.82) is 0 Å². The number of carbonyl (C=O) groups excluding carboxylic acids is 3. The Morgan fingerprint density at radius 3 is 2.86 bits per heavy atom. The zero-order chi connectivity index (χ0) is 29.2. The van der Waals surface area contributed by atoms with Crippen molar-refractivity contribution < 1.29 is 28.9 Å². The van der Waals surface area contributed by atoms with Gasteiger partial charge < -0.3 is 21.0 Å². The number of anilines is 1. The molecule has 2 aliphatic heterocycles.